The molecule has 1 fully saturated rings. The van der Waals surface area contributed by atoms with Crippen molar-refractivity contribution in [3.8, 4) is 0 Å². The predicted molar refractivity (Wildman–Crippen MR) is 92.4 cm³/mol. The van der Waals surface area contributed by atoms with Crippen LogP contribution in [0, 0.1) is 5.92 Å². The Hall–Kier alpha value is -0.360. The van der Waals surface area contributed by atoms with E-state index in [1.807, 2.05) is 13.2 Å². The average molecular weight is 354 g/mol. The van der Waals surface area contributed by atoms with Crippen LogP contribution in [0.25, 0.3) is 0 Å². The van der Waals surface area contributed by atoms with Crippen LogP contribution in [0.4, 0.5) is 0 Å². The minimum absolute atomic E-state index is 0. The predicted octanol–water partition coefficient (Wildman–Crippen LogP) is 3.03. The Morgan fingerprint density at radius 1 is 1.48 bits per heavy atom. The van der Waals surface area contributed by atoms with Gasteiger partial charge in [-0.2, -0.15) is 0 Å². The molecule has 0 radical (unpaired) electrons. The van der Waals surface area contributed by atoms with Crippen LogP contribution in [0.1, 0.15) is 42.5 Å². The van der Waals surface area contributed by atoms with Crippen LogP contribution in [0.2, 0.25) is 0 Å². The number of hydrogen-bond acceptors (Lipinski definition) is 4. The Morgan fingerprint density at radius 2 is 2.19 bits per heavy atom. The molecule has 122 valence electrons. The van der Waals surface area contributed by atoms with Gasteiger partial charge in [0.2, 0.25) is 5.91 Å². The summed E-state index contributed by atoms with van der Waals surface area (Å²) in [6.07, 6.45) is 6.86. The molecule has 1 aromatic rings. The normalized spacial score (nSPS) is 21.1. The van der Waals surface area contributed by atoms with Crippen LogP contribution in [0.3, 0.4) is 0 Å². The molecular weight excluding hydrogens is 329 g/mol. The van der Waals surface area contributed by atoms with E-state index in [2.05, 4.69) is 11.9 Å². The molecule has 1 aliphatic carbocycles. The molecule has 1 aromatic heterocycles. The number of thiazole rings is 1. The minimum atomic E-state index is 0. The van der Waals surface area contributed by atoms with E-state index < -0.39 is 0 Å². The van der Waals surface area contributed by atoms with Crippen molar-refractivity contribution in [2.45, 2.75) is 51.6 Å². The Morgan fingerprint density at radius 3 is 2.76 bits per heavy atom. The third-order valence-corrected chi connectivity index (χ3v) is 4.89. The summed E-state index contributed by atoms with van der Waals surface area (Å²) in [7, 11) is 1.87. The Balaban J connectivity index is 0.00000200. The summed E-state index contributed by atoms with van der Waals surface area (Å²) in [5, 5.41) is 1.02. The van der Waals surface area contributed by atoms with Crippen LogP contribution in [0.5, 0.6) is 0 Å². The zero-order valence-electron chi connectivity index (χ0n) is 12.6. The molecule has 1 heterocycles. The number of halogens is 2. The number of rotatable bonds is 4. The van der Waals surface area contributed by atoms with Crippen LogP contribution in [-0.2, 0) is 17.8 Å². The fourth-order valence-electron chi connectivity index (χ4n) is 2.63. The van der Waals surface area contributed by atoms with E-state index in [1.54, 1.807) is 16.2 Å². The highest BCUT2D eigenvalue weighted by Gasteiger charge is 2.27. The van der Waals surface area contributed by atoms with E-state index >= 15 is 0 Å². The molecule has 0 aliphatic heterocycles. The topological polar surface area (TPSA) is 59.2 Å². The van der Waals surface area contributed by atoms with E-state index in [0.29, 0.717) is 6.54 Å². The third kappa shape index (κ3) is 5.74. The van der Waals surface area contributed by atoms with Gasteiger partial charge in [-0.15, -0.1) is 36.2 Å². The summed E-state index contributed by atoms with van der Waals surface area (Å²) in [6.45, 7) is 2.74. The SMILES string of the molecule is CCc1cnc(CN(C)C(=O)C2CCCC(N)C2)s1.Cl.Cl. The largest absolute Gasteiger partial charge is 0.339 e. The zero-order chi connectivity index (χ0) is 13.8. The molecule has 2 rings (SSSR count). The lowest BCUT2D eigenvalue weighted by Crippen LogP contribution is -2.38. The fourth-order valence-corrected chi connectivity index (χ4v) is 3.54. The van der Waals surface area contributed by atoms with E-state index in [9.17, 15) is 4.79 Å². The van der Waals surface area contributed by atoms with Crippen molar-refractivity contribution < 1.29 is 4.79 Å². The molecule has 2 atom stereocenters. The summed E-state index contributed by atoms with van der Waals surface area (Å²) in [4.78, 5) is 19.8. The van der Waals surface area contributed by atoms with Crippen molar-refractivity contribution >= 4 is 42.1 Å². The van der Waals surface area contributed by atoms with Crippen molar-refractivity contribution in [1.82, 2.24) is 9.88 Å². The van der Waals surface area contributed by atoms with Gasteiger partial charge in [0.05, 0.1) is 6.54 Å². The molecular formula is C14H25Cl2N3OS. The molecule has 0 spiro atoms. The first-order valence-electron chi connectivity index (χ1n) is 7.04. The maximum atomic E-state index is 12.4. The second-order valence-corrected chi connectivity index (χ2v) is 6.59. The van der Waals surface area contributed by atoms with E-state index in [1.165, 1.54) is 4.88 Å². The summed E-state index contributed by atoms with van der Waals surface area (Å²) in [5.74, 6) is 0.336. The van der Waals surface area contributed by atoms with Gasteiger partial charge in [0.1, 0.15) is 5.01 Å². The molecule has 2 unspecified atom stereocenters. The molecule has 7 heteroatoms. The van der Waals surface area contributed by atoms with Crippen molar-refractivity contribution in [3.05, 3.63) is 16.1 Å². The Bertz CT molecular complexity index is 442. The Labute approximate surface area is 143 Å². The summed E-state index contributed by atoms with van der Waals surface area (Å²) in [6, 6.07) is 0.197. The van der Waals surface area contributed by atoms with E-state index in [4.69, 9.17) is 5.73 Å². The Kier molecular flexibility index (Phi) is 9.45. The maximum Gasteiger partial charge on any atom is 0.225 e. The van der Waals surface area contributed by atoms with E-state index in [-0.39, 0.29) is 42.7 Å². The highest BCUT2D eigenvalue weighted by molar-refractivity contribution is 7.11. The lowest BCUT2D eigenvalue weighted by molar-refractivity contribution is -0.135. The first-order chi connectivity index (χ1) is 9.10. The molecule has 2 N–H and O–H groups in total. The van der Waals surface area contributed by atoms with Gasteiger partial charge in [-0.1, -0.05) is 13.3 Å². The number of carbonyl (C=O) groups is 1. The molecule has 0 saturated heterocycles. The average Bonchev–Trinajstić information content (AvgIpc) is 2.85. The van der Waals surface area contributed by atoms with Crippen LogP contribution in [-0.4, -0.2) is 28.9 Å². The molecule has 4 nitrogen and oxygen atoms in total. The number of nitrogens with zero attached hydrogens (tertiary/aromatic N) is 2. The molecule has 21 heavy (non-hydrogen) atoms. The number of hydrogen-bond donors (Lipinski definition) is 1. The van der Waals surface area contributed by atoms with Gasteiger partial charge >= 0.3 is 0 Å². The fraction of sp³-hybridized carbons (Fsp3) is 0.714. The van der Waals surface area contributed by atoms with Crippen molar-refractivity contribution in [2.75, 3.05) is 7.05 Å². The second kappa shape index (κ2) is 9.62. The van der Waals surface area contributed by atoms with Gasteiger partial charge in [-0.3, -0.25) is 4.79 Å². The highest BCUT2D eigenvalue weighted by Crippen LogP contribution is 2.25. The van der Waals surface area contributed by atoms with Gasteiger partial charge in [0.25, 0.3) is 0 Å². The van der Waals surface area contributed by atoms with Crippen LogP contribution < -0.4 is 5.73 Å². The van der Waals surface area contributed by atoms with Crippen molar-refractivity contribution in [1.29, 1.82) is 0 Å². The monoisotopic (exact) mass is 353 g/mol. The molecule has 0 bridgehead atoms. The minimum Gasteiger partial charge on any atom is -0.339 e. The number of aromatic nitrogens is 1. The highest BCUT2D eigenvalue weighted by atomic mass is 35.5. The molecule has 0 aromatic carbocycles. The standard InChI is InChI=1S/C14H23N3OS.2ClH/c1-3-12-8-16-13(19-12)9-17(2)14(18)10-5-4-6-11(15)7-10;;/h8,10-11H,3-7,9,15H2,1-2H3;2*1H. The van der Waals surface area contributed by atoms with E-state index in [0.717, 1.165) is 37.1 Å². The van der Waals surface area contributed by atoms with Gasteiger partial charge < -0.3 is 10.6 Å². The maximum absolute atomic E-state index is 12.4. The number of nitrogens with two attached hydrogens (primary N) is 1. The van der Waals surface area contributed by atoms with Gasteiger partial charge in [0.15, 0.2) is 0 Å². The summed E-state index contributed by atoms with van der Waals surface area (Å²) in [5.41, 5.74) is 5.96. The summed E-state index contributed by atoms with van der Waals surface area (Å²) >= 11 is 1.70. The lowest BCUT2D eigenvalue weighted by atomic mass is 9.85. The first kappa shape index (κ1) is 20.6. The molecule has 1 aliphatic rings. The number of aryl methyl sites for hydroxylation is 1. The first-order valence-corrected chi connectivity index (χ1v) is 7.86. The van der Waals surface area contributed by atoms with Gasteiger partial charge in [-0.25, -0.2) is 4.98 Å². The van der Waals surface area contributed by atoms with Crippen molar-refractivity contribution in [3.63, 3.8) is 0 Å². The van der Waals surface area contributed by atoms with Gasteiger partial charge in [-0.05, 0) is 25.7 Å². The van der Waals surface area contributed by atoms with Crippen molar-refractivity contribution in [2.24, 2.45) is 11.7 Å². The quantitative estimate of drug-likeness (QED) is 0.904. The molecule has 1 saturated carbocycles. The van der Waals surface area contributed by atoms with Gasteiger partial charge in [0, 0.05) is 30.1 Å². The second-order valence-electron chi connectivity index (χ2n) is 5.39. The zero-order valence-corrected chi connectivity index (χ0v) is 15.0. The third-order valence-electron chi connectivity index (χ3n) is 3.76. The van der Waals surface area contributed by atoms with Crippen LogP contribution in [0.15, 0.2) is 6.20 Å². The van der Waals surface area contributed by atoms with Crippen LogP contribution >= 0.6 is 36.2 Å². The summed E-state index contributed by atoms with van der Waals surface area (Å²) < 4.78 is 0. The lowest BCUT2D eigenvalue weighted by Gasteiger charge is -2.29. The number of amides is 1. The molecule has 1 amide bonds. The smallest absolute Gasteiger partial charge is 0.225 e. The number of carbonyl (C=O) groups excluding carboxylic acids is 1.